The second-order valence-electron chi connectivity index (χ2n) is 4.94. The van der Waals surface area contributed by atoms with E-state index in [9.17, 15) is 9.59 Å². The van der Waals surface area contributed by atoms with Crippen LogP contribution in [0.2, 0.25) is 0 Å². The fraction of sp³-hybridized carbons (Fsp3) is 0.333. The Kier molecular flexibility index (Phi) is 3.62. The van der Waals surface area contributed by atoms with Gasteiger partial charge in [0.1, 0.15) is 0 Å². The summed E-state index contributed by atoms with van der Waals surface area (Å²) in [5.41, 5.74) is 0.570. The maximum Gasteiger partial charge on any atom is 0.292 e. The summed E-state index contributed by atoms with van der Waals surface area (Å²) < 4.78 is 16.8. The summed E-state index contributed by atoms with van der Waals surface area (Å²) in [5, 5.41) is 0. The molecule has 0 saturated carbocycles. The maximum absolute atomic E-state index is 12.4. The third-order valence-electron chi connectivity index (χ3n) is 3.49. The first-order chi connectivity index (χ1) is 10.6. The van der Waals surface area contributed by atoms with Crippen molar-refractivity contribution in [1.82, 2.24) is 9.64 Å². The van der Waals surface area contributed by atoms with Gasteiger partial charge in [-0.2, -0.15) is 4.74 Å². The number of fused-ring (bicyclic) bond motifs is 1. The Bertz CT molecular complexity index is 762. The van der Waals surface area contributed by atoms with Gasteiger partial charge in [0.05, 0.1) is 6.07 Å². The number of ether oxygens (including phenoxy) is 2. The molecule has 22 heavy (non-hydrogen) atoms. The van der Waals surface area contributed by atoms with Gasteiger partial charge >= 0.3 is 0 Å². The number of carbonyl (C=O) groups excluding carboxylic acids is 1. The Morgan fingerprint density at radius 1 is 1.27 bits per heavy atom. The van der Waals surface area contributed by atoms with Crippen molar-refractivity contribution in [2.75, 3.05) is 13.3 Å². The minimum absolute atomic E-state index is 0.0371. The van der Waals surface area contributed by atoms with Gasteiger partial charge in [0.15, 0.2) is 11.5 Å². The molecule has 0 spiro atoms. The molecule has 0 atom stereocenters. The van der Waals surface area contributed by atoms with Crippen LogP contribution < -0.4 is 15.0 Å². The summed E-state index contributed by atoms with van der Waals surface area (Å²) in [6, 6.07) is 6.74. The summed E-state index contributed by atoms with van der Waals surface area (Å²) in [6.45, 7) is 2.97. The van der Waals surface area contributed by atoms with Gasteiger partial charge in [0, 0.05) is 20.1 Å². The lowest BCUT2D eigenvalue weighted by Crippen LogP contribution is -2.30. The van der Waals surface area contributed by atoms with Crippen molar-refractivity contribution < 1.29 is 18.8 Å². The Morgan fingerprint density at radius 2 is 2.05 bits per heavy atom. The number of nitrogens with zero attached hydrogens (tertiary/aromatic N) is 2. The van der Waals surface area contributed by atoms with Gasteiger partial charge in [-0.15, -0.1) is 0 Å². The van der Waals surface area contributed by atoms with E-state index in [1.165, 1.54) is 13.1 Å². The number of amides is 1. The summed E-state index contributed by atoms with van der Waals surface area (Å²) in [4.78, 5) is 25.4. The van der Waals surface area contributed by atoms with Gasteiger partial charge < -0.3 is 18.9 Å². The standard InChI is InChI=1S/C15H16N2O5/c1-3-17(15(19)13-7-14(18)16(2)22-13)8-10-4-5-11-12(6-10)21-9-20-11/h4-7H,3,8-9H2,1-2H3. The van der Waals surface area contributed by atoms with E-state index in [0.717, 1.165) is 10.3 Å². The Morgan fingerprint density at radius 3 is 2.73 bits per heavy atom. The van der Waals surface area contributed by atoms with Gasteiger partial charge in [-0.05, 0) is 24.6 Å². The lowest BCUT2D eigenvalue weighted by Gasteiger charge is -2.19. The van der Waals surface area contributed by atoms with E-state index in [0.29, 0.717) is 24.6 Å². The van der Waals surface area contributed by atoms with Crippen molar-refractivity contribution in [3.8, 4) is 11.5 Å². The number of aromatic nitrogens is 1. The molecule has 2 heterocycles. The first-order valence-corrected chi connectivity index (χ1v) is 6.93. The summed E-state index contributed by atoms with van der Waals surface area (Å²) in [7, 11) is 1.47. The molecule has 0 fully saturated rings. The molecular weight excluding hydrogens is 288 g/mol. The zero-order chi connectivity index (χ0) is 15.7. The van der Waals surface area contributed by atoms with Crippen molar-refractivity contribution in [2.24, 2.45) is 7.05 Å². The van der Waals surface area contributed by atoms with Crippen molar-refractivity contribution in [3.05, 3.63) is 45.9 Å². The Hall–Kier alpha value is -2.70. The van der Waals surface area contributed by atoms with Crippen molar-refractivity contribution >= 4 is 5.91 Å². The predicted octanol–water partition coefficient (Wildman–Crippen LogP) is 1.37. The predicted molar refractivity (Wildman–Crippen MR) is 76.9 cm³/mol. The van der Waals surface area contributed by atoms with Gasteiger partial charge in [0.25, 0.3) is 11.5 Å². The zero-order valence-corrected chi connectivity index (χ0v) is 12.4. The normalized spacial score (nSPS) is 12.5. The van der Waals surface area contributed by atoms with Crippen LogP contribution in [-0.2, 0) is 13.6 Å². The lowest BCUT2D eigenvalue weighted by atomic mass is 10.2. The van der Waals surface area contributed by atoms with Crippen LogP contribution in [0.4, 0.5) is 0 Å². The molecule has 0 radical (unpaired) electrons. The van der Waals surface area contributed by atoms with E-state index in [1.807, 2.05) is 25.1 Å². The number of benzene rings is 1. The quantitative estimate of drug-likeness (QED) is 0.853. The van der Waals surface area contributed by atoms with Gasteiger partial charge in [-0.25, -0.2) is 0 Å². The number of hydrogen-bond acceptors (Lipinski definition) is 5. The number of aryl methyl sites for hydroxylation is 1. The molecular formula is C15H16N2O5. The Labute approximate surface area is 126 Å². The van der Waals surface area contributed by atoms with Crippen LogP contribution in [0.25, 0.3) is 0 Å². The van der Waals surface area contributed by atoms with Crippen molar-refractivity contribution in [2.45, 2.75) is 13.5 Å². The van der Waals surface area contributed by atoms with E-state index in [2.05, 4.69) is 0 Å². The van der Waals surface area contributed by atoms with Crippen LogP contribution in [-0.4, -0.2) is 28.9 Å². The minimum Gasteiger partial charge on any atom is -0.454 e. The Balaban J connectivity index is 1.79. The minimum atomic E-state index is -0.345. The maximum atomic E-state index is 12.4. The molecule has 116 valence electrons. The smallest absolute Gasteiger partial charge is 0.292 e. The van der Waals surface area contributed by atoms with Crippen LogP contribution in [0, 0.1) is 0 Å². The van der Waals surface area contributed by atoms with E-state index in [4.69, 9.17) is 14.0 Å². The van der Waals surface area contributed by atoms with E-state index < -0.39 is 0 Å². The zero-order valence-electron chi connectivity index (χ0n) is 12.4. The van der Waals surface area contributed by atoms with Gasteiger partial charge in [0.2, 0.25) is 12.6 Å². The largest absolute Gasteiger partial charge is 0.454 e. The highest BCUT2D eigenvalue weighted by Crippen LogP contribution is 2.32. The summed E-state index contributed by atoms with van der Waals surface area (Å²) in [6.07, 6.45) is 0. The first-order valence-electron chi connectivity index (χ1n) is 6.93. The average Bonchev–Trinajstić information content (AvgIpc) is 3.10. The molecule has 2 aromatic rings. The van der Waals surface area contributed by atoms with Gasteiger partial charge in [-0.1, -0.05) is 6.07 Å². The third kappa shape index (κ3) is 2.57. The first kappa shape index (κ1) is 14.2. The molecule has 1 aliphatic heterocycles. The lowest BCUT2D eigenvalue weighted by molar-refractivity contribution is 0.0697. The van der Waals surface area contributed by atoms with E-state index >= 15 is 0 Å². The van der Waals surface area contributed by atoms with Crippen molar-refractivity contribution in [1.29, 1.82) is 0 Å². The molecule has 7 nitrogen and oxygen atoms in total. The van der Waals surface area contributed by atoms with Crippen LogP contribution in [0.3, 0.4) is 0 Å². The molecule has 1 aromatic heterocycles. The van der Waals surface area contributed by atoms with Crippen molar-refractivity contribution in [3.63, 3.8) is 0 Å². The highest BCUT2D eigenvalue weighted by molar-refractivity contribution is 5.91. The van der Waals surface area contributed by atoms with E-state index in [1.54, 1.807) is 4.90 Å². The molecule has 0 unspecified atom stereocenters. The average molecular weight is 304 g/mol. The fourth-order valence-electron chi connectivity index (χ4n) is 2.27. The third-order valence-corrected chi connectivity index (χ3v) is 3.49. The van der Waals surface area contributed by atoms with Crippen LogP contribution in [0.5, 0.6) is 11.5 Å². The van der Waals surface area contributed by atoms with Crippen LogP contribution in [0.15, 0.2) is 33.6 Å². The molecule has 3 rings (SSSR count). The van der Waals surface area contributed by atoms with Gasteiger partial charge in [-0.3, -0.25) is 9.59 Å². The topological polar surface area (TPSA) is 73.9 Å². The monoisotopic (exact) mass is 304 g/mol. The molecule has 0 N–H and O–H groups in total. The second-order valence-corrected chi connectivity index (χ2v) is 4.94. The molecule has 7 heteroatoms. The summed E-state index contributed by atoms with van der Waals surface area (Å²) in [5.74, 6) is 1.09. The number of carbonyl (C=O) groups is 1. The fourth-order valence-corrected chi connectivity index (χ4v) is 2.27. The molecule has 1 aliphatic rings. The number of rotatable bonds is 4. The highest BCUT2D eigenvalue weighted by Gasteiger charge is 2.21. The molecule has 1 amide bonds. The van der Waals surface area contributed by atoms with Crippen LogP contribution >= 0.6 is 0 Å². The highest BCUT2D eigenvalue weighted by atomic mass is 16.7. The molecule has 0 saturated heterocycles. The number of hydrogen-bond donors (Lipinski definition) is 0. The second kappa shape index (κ2) is 5.59. The van der Waals surface area contributed by atoms with E-state index in [-0.39, 0.29) is 24.0 Å². The molecule has 1 aromatic carbocycles. The molecule has 0 bridgehead atoms. The molecule has 0 aliphatic carbocycles. The van der Waals surface area contributed by atoms with Crippen LogP contribution in [0.1, 0.15) is 23.0 Å². The summed E-state index contributed by atoms with van der Waals surface area (Å²) >= 11 is 0. The SMILES string of the molecule is CCN(Cc1ccc2c(c1)OCO2)C(=O)c1cc(=O)n(C)o1.